The molecule has 1 N–H and O–H groups in total. The number of ether oxygens (including phenoxy) is 1. The molecule has 1 rings (SSSR count). The minimum absolute atomic E-state index is 0.0521. The molecule has 0 unspecified atom stereocenters. The highest BCUT2D eigenvalue weighted by Crippen LogP contribution is 2.28. The van der Waals surface area contributed by atoms with E-state index in [0.717, 1.165) is 0 Å². The molecule has 1 aromatic rings. The summed E-state index contributed by atoms with van der Waals surface area (Å²) in [4.78, 5) is 0. The van der Waals surface area contributed by atoms with E-state index in [9.17, 15) is 8.78 Å². The van der Waals surface area contributed by atoms with Crippen molar-refractivity contribution < 1.29 is 18.6 Å². The van der Waals surface area contributed by atoms with Crippen molar-refractivity contribution in [3.05, 3.63) is 22.7 Å². The van der Waals surface area contributed by atoms with Gasteiger partial charge in [0.2, 0.25) is 0 Å². The first kappa shape index (κ1) is 10.2. The van der Waals surface area contributed by atoms with Gasteiger partial charge in [-0.2, -0.15) is 0 Å². The van der Waals surface area contributed by atoms with Crippen LogP contribution in [-0.4, -0.2) is 18.1 Å². The number of rotatable bonds is 3. The molecule has 0 radical (unpaired) electrons. The summed E-state index contributed by atoms with van der Waals surface area (Å²) in [5, 5.41) is 8.98. The third-order valence-electron chi connectivity index (χ3n) is 1.28. The Balaban J connectivity index is 2.67. The molecule has 0 saturated carbocycles. The first-order chi connectivity index (χ1) is 6.09. The maximum Gasteiger partial charge on any atom is 0.272 e. The van der Waals surface area contributed by atoms with Crippen LogP contribution in [0.1, 0.15) is 0 Å². The Kier molecular flexibility index (Phi) is 3.48. The van der Waals surface area contributed by atoms with Crippen LogP contribution in [0.3, 0.4) is 0 Å². The van der Waals surface area contributed by atoms with Crippen molar-refractivity contribution in [2.45, 2.75) is 6.43 Å². The highest BCUT2D eigenvalue weighted by molar-refractivity contribution is 9.10. The van der Waals surface area contributed by atoms with E-state index >= 15 is 0 Å². The van der Waals surface area contributed by atoms with Gasteiger partial charge in [0.1, 0.15) is 18.1 Å². The molecule has 0 atom stereocenters. The molecule has 0 aliphatic heterocycles. The molecular formula is C8H7BrF2O2. The number of benzene rings is 1. The largest absolute Gasteiger partial charge is 0.508 e. The van der Waals surface area contributed by atoms with Gasteiger partial charge in [0.25, 0.3) is 6.43 Å². The van der Waals surface area contributed by atoms with Crippen LogP contribution in [-0.2, 0) is 0 Å². The number of aromatic hydroxyl groups is 1. The summed E-state index contributed by atoms with van der Waals surface area (Å²) in [6.45, 7) is -0.649. The molecule has 0 heterocycles. The van der Waals surface area contributed by atoms with Crippen LogP contribution in [0.2, 0.25) is 0 Å². The number of halogens is 3. The number of phenolic OH excluding ortho intramolecular Hbond substituents is 1. The smallest absolute Gasteiger partial charge is 0.272 e. The van der Waals surface area contributed by atoms with Crippen LogP contribution in [0.15, 0.2) is 22.7 Å². The molecular weight excluding hydrogens is 246 g/mol. The van der Waals surface area contributed by atoms with Gasteiger partial charge >= 0.3 is 0 Å². The van der Waals surface area contributed by atoms with Crippen molar-refractivity contribution in [3.8, 4) is 11.5 Å². The Morgan fingerprint density at radius 3 is 2.69 bits per heavy atom. The molecule has 0 spiro atoms. The van der Waals surface area contributed by atoms with Crippen LogP contribution >= 0.6 is 15.9 Å². The van der Waals surface area contributed by atoms with Gasteiger partial charge < -0.3 is 9.84 Å². The Hall–Kier alpha value is -0.840. The summed E-state index contributed by atoms with van der Waals surface area (Å²) in [5.41, 5.74) is 0. The standard InChI is InChI=1S/C8H7BrF2O2/c9-6-3-5(12)1-2-7(6)13-4-8(10)11/h1-3,8,12H,4H2. The van der Waals surface area contributed by atoms with E-state index in [1.165, 1.54) is 18.2 Å². The molecule has 0 aromatic heterocycles. The van der Waals surface area contributed by atoms with E-state index in [1.807, 2.05) is 0 Å². The molecule has 5 heteroatoms. The maximum atomic E-state index is 11.7. The zero-order valence-electron chi connectivity index (χ0n) is 6.51. The minimum atomic E-state index is -2.50. The van der Waals surface area contributed by atoms with E-state index in [4.69, 9.17) is 9.84 Å². The van der Waals surface area contributed by atoms with Crippen LogP contribution in [0.4, 0.5) is 8.78 Å². The molecule has 0 saturated heterocycles. The van der Waals surface area contributed by atoms with E-state index in [1.54, 1.807) is 0 Å². The van der Waals surface area contributed by atoms with Crippen molar-refractivity contribution in [1.82, 2.24) is 0 Å². The normalized spacial score (nSPS) is 10.5. The molecule has 0 aliphatic carbocycles. The molecule has 0 fully saturated rings. The lowest BCUT2D eigenvalue weighted by atomic mass is 10.3. The summed E-state index contributed by atoms with van der Waals surface area (Å²) in [6, 6.07) is 4.16. The lowest BCUT2D eigenvalue weighted by Crippen LogP contribution is -2.07. The van der Waals surface area contributed by atoms with Gasteiger partial charge in [0.15, 0.2) is 0 Å². The summed E-state index contributed by atoms with van der Waals surface area (Å²) < 4.78 is 28.7. The first-order valence-corrected chi connectivity index (χ1v) is 4.28. The lowest BCUT2D eigenvalue weighted by molar-refractivity contribution is 0.0815. The van der Waals surface area contributed by atoms with Gasteiger partial charge in [-0.3, -0.25) is 0 Å². The second kappa shape index (κ2) is 4.41. The Morgan fingerprint density at radius 1 is 1.46 bits per heavy atom. The van der Waals surface area contributed by atoms with Crippen LogP contribution in [0.5, 0.6) is 11.5 Å². The fourth-order valence-corrected chi connectivity index (χ4v) is 1.24. The van der Waals surface area contributed by atoms with Crippen molar-refractivity contribution in [2.75, 3.05) is 6.61 Å². The third kappa shape index (κ3) is 3.18. The monoisotopic (exact) mass is 252 g/mol. The van der Waals surface area contributed by atoms with E-state index in [0.29, 0.717) is 4.47 Å². The van der Waals surface area contributed by atoms with Gasteiger partial charge in [0, 0.05) is 0 Å². The number of hydrogen-bond acceptors (Lipinski definition) is 2. The topological polar surface area (TPSA) is 29.5 Å². The Bertz CT molecular complexity index is 291. The van der Waals surface area contributed by atoms with E-state index in [2.05, 4.69) is 15.9 Å². The highest BCUT2D eigenvalue weighted by atomic mass is 79.9. The average Bonchev–Trinajstić information content (AvgIpc) is 2.02. The van der Waals surface area contributed by atoms with E-state index in [-0.39, 0.29) is 11.5 Å². The fraction of sp³-hybridized carbons (Fsp3) is 0.250. The molecule has 0 amide bonds. The molecule has 13 heavy (non-hydrogen) atoms. The third-order valence-corrected chi connectivity index (χ3v) is 1.90. The van der Waals surface area contributed by atoms with Gasteiger partial charge in [-0.05, 0) is 34.1 Å². The zero-order valence-corrected chi connectivity index (χ0v) is 8.09. The average molecular weight is 253 g/mol. The predicted octanol–water partition coefficient (Wildman–Crippen LogP) is 2.80. The van der Waals surface area contributed by atoms with Crippen molar-refractivity contribution in [3.63, 3.8) is 0 Å². The first-order valence-electron chi connectivity index (χ1n) is 3.49. The van der Waals surface area contributed by atoms with Gasteiger partial charge in [-0.25, -0.2) is 8.78 Å². The molecule has 0 aliphatic rings. The van der Waals surface area contributed by atoms with Crippen molar-refractivity contribution >= 4 is 15.9 Å². The summed E-state index contributed by atoms with van der Waals surface area (Å²) in [5.74, 6) is 0.342. The van der Waals surface area contributed by atoms with Crippen molar-refractivity contribution in [1.29, 1.82) is 0 Å². The highest BCUT2D eigenvalue weighted by Gasteiger charge is 2.06. The summed E-state index contributed by atoms with van der Waals surface area (Å²) >= 11 is 3.07. The fourth-order valence-electron chi connectivity index (χ4n) is 0.760. The van der Waals surface area contributed by atoms with E-state index < -0.39 is 13.0 Å². The van der Waals surface area contributed by atoms with Gasteiger partial charge in [-0.1, -0.05) is 0 Å². The molecule has 72 valence electrons. The Labute approximate surface area is 82.3 Å². The molecule has 0 bridgehead atoms. The number of phenols is 1. The number of alkyl halides is 2. The van der Waals surface area contributed by atoms with Crippen LogP contribution in [0, 0.1) is 0 Å². The second-order valence-electron chi connectivity index (χ2n) is 2.32. The second-order valence-corrected chi connectivity index (χ2v) is 3.17. The van der Waals surface area contributed by atoms with Gasteiger partial charge in [-0.15, -0.1) is 0 Å². The maximum absolute atomic E-state index is 11.7. The van der Waals surface area contributed by atoms with Crippen molar-refractivity contribution in [2.24, 2.45) is 0 Å². The molecule has 2 nitrogen and oxygen atoms in total. The lowest BCUT2D eigenvalue weighted by Gasteiger charge is -2.07. The molecule has 1 aromatic carbocycles. The van der Waals surface area contributed by atoms with Crippen LogP contribution in [0.25, 0.3) is 0 Å². The predicted molar refractivity (Wildman–Crippen MR) is 47.3 cm³/mol. The summed E-state index contributed by atoms with van der Waals surface area (Å²) in [7, 11) is 0. The van der Waals surface area contributed by atoms with Crippen LogP contribution < -0.4 is 4.74 Å². The Morgan fingerprint density at radius 2 is 2.15 bits per heavy atom. The number of hydrogen-bond donors (Lipinski definition) is 1. The minimum Gasteiger partial charge on any atom is -0.508 e. The van der Waals surface area contributed by atoms with Gasteiger partial charge in [0.05, 0.1) is 4.47 Å². The quantitative estimate of drug-likeness (QED) is 0.897. The summed E-state index contributed by atoms with van der Waals surface area (Å²) in [6.07, 6.45) is -2.50. The zero-order chi connectivity index (χ0) is 9.84. The SMILES string of the molecule is Oc1ccc(OCC(F)F)c(Br)c1.